The van der Waals surface area contributed by atoms with Crippen LogP contribution in [0.25, 0.3) is 17.1 Å². The summed E-state index contributed by atoms with van der Waals surface area (Å²) >= 11 is 1.31. The number of nitrogens with zero attached hydrogens (tertiary/aromatic N) is 3. The van der Waals surface area contributed by atoms with Crippen molar-refractivity contribution in [2.45, 2.75) is 12.1 Å². The molecule has 3 aromatic carbocycles. The monoisotopic (exact) mass is 490 g/mol. The van der Waals surface area contributed by atoms with Crippen molar-refractivity contribution in [3.8, 4) is 34.3 Å². The Morgan fingerprint density at radius 1 is 0.914 bits per heavy atom. The van der Waals surface area contributed by atoms with Crippen molar-refractivity contribution < 1.29 is 19.0 Å². The number of benzene rings is 3. The summed E-state index contributed by atoms with van der Waals surface area (Å²) in [6, 6.07) is 22.5. The molecule has 1 amide bonds. The molecule has 0 spiro atoms. The molecule has 0 atom stereocenters. The molecule has 8 nitrogen and oxygen atoms in total. The molecule has 0 aliphatic rings. The molecule has 180 valence electrons. The molecule has 0 saturated heterocycles. The molecule has 1 heterocycles. The SMILES string of the molecule is CCOc1ccc(-n2c(SCC(=O)Nc3cccc(OC)c3)nnc2-c2ccc(OC)cc2)cc1. The fourth-order valence-electron chi connectivity index (χ4n) is 3.41. The Morgan fingerprint density at radius 3 is 2.31 bits per heavy atom. The first-order valence-electron chi connectivity index (χ1n) is 11.0. The Hall–Kier alpha value is -3.98. The lowest BCUT2D eigenvalue weighted by atomic mass is 10.2. The third kappa shape index (κ3) is 5.93. The molecule has 0 aliphatic carbocycles. The van der Waals surface area contributed by atoms with Crippen LogP contribution in [0.3, 0.4) is 0 Å². The van der Waals surface area contributed by atoms with Crippen LogP contribution in [-0.4, -0.2) is 47.3 Å². The maximum Gasteiger partial charge on any atom is 0.234 e. The summed E-state index contributed by atoms with van der Waals surface area (Å²) in [5.74, 6) is 2.87. The topological polar surface area (TPSA) is 87.5 Å². The van der Waals surface area contributed by atoms with E-state index in [0.29, 0.717) is 29.0 Å². The van der Waals surface area contributed by atoms with Gasteiger partial charge >= 0.3 is 0 Å². The maximum absolute atomic E-state index is 12.6. The van der Waals surface area contributed by atoms with Crippen molar-refractivity contribution in [1.82, 2.24) is 14.8 Å². The van der Waals surface area contributed by atoms with Crippen LogP contribution < -0.4 is 19.5 Å². The summed E-state index contributed by atoms with van der Waals surface area (Å²) in [5, 5.41) is 12.3. The van der Waals surface area contributed by atoms with Crippen LogP contribution in [0.4, 0.5) is 5.69 Å². The number of carbonyl (C=O) groups excluding carboxylic acids is 1. The van der Waals surface area contributed by atoms with E-state index in [-0.39, 0.29) is 11.7 Å². The molecule has 4 rings (SSSR count). The largest absolute Gasteiger partial charge is 0.497 e. The van der Waals surface area contributed by atoms with Crippen LogP contribution in [0.2, 0.25) is 0 Å². The smallest absolute Gasteiger partial charge is 0.234 e. The summed E-state index contributed by atoms with van der Waals surface area (Å²) in [4.78, 5) is 12.6. The Kier molecular flexibility index (Phi) is 7.89. The number of hydrogen-bond donors (Lipinski definition) is 1. The highest BCUT2D eigenvalue weighted by Crippen LogP contribution is 2.30. The van der Waals surface area contributed by atoms with Crippen molar-refractivity contribution >= 4 is 23.4 Å². The van der Waals surface area contributed by atoms with Gasteiger partial charge in [0.1, 0.15) is 17.2 Å². The van der Waals surface area contributed by atoms with E-state index < -0.39 is 0 Å². The first-order valence-corrected chi connectivity index (χ1v) is 12.0. The highest BCUT2D eigenvalue weighted by atomic mass is 32.2. The Morgan fingerprint density at radius 2 is 1.63 bits per heavy atom. The van der Waals surface area contributed by atoms with Crippen LogP contribution in [0.15, 0.2) is 78.0 Å². The van der Waals surface area contributed by atoms with Crippen molar-refractivity contribution in [2.75, 3.05) is 31.9 Å². The summed E-state index contributed by atoms with van der Waals surface area (Å²) < 4.78 is 18.0. The molecule has 0 radical (unpaired) electrons. The van der Waals surface area contributed by atoms with Gasteiger partial charge in [0.15, 0.2) is 11.0 Å². The molecule has 4 aromatic rings. The van der Waals surface area contributed by atoms with E-state index >= 15 is 0 Å². The summed E-state index contributed by atoms with van der Waals surface area (Å²) in [6.45, 7) is 2.54. The fourth-order valence-corrected chi connectivity index (χ4v) is 4.16. The van der Waals surface area contributed by atoms with Crippen LogP contribution >= 0.6 is 11.8 Å². The van der Waals surface area contributed by atoms with Crippen molar-refractivity contribution in [3.05, 3.63) is 72.8 Å². The lowest BCUT2D eigenvalue weighted by molar-refractivity contribution is -0.113. The van der Waals surface area contributed by atoms with Gasteiger partial charge in [-0.05, 0) is 67.6 Å². The minimum absolute atomic E-state index is 0.157. The number of methoxy groups -OCH3 is 2. The van der Waals surface area contributed by atoms with E-state index in [0.717, 1.165) is 22.7 Å². The zero-order valence-corrected chi connectivity index (χ0v) is 20.5. The van der Waals surface area contributed by atoms with E-state index in [4.69, 9.17) is 14.2 Å². The molecule has 1 N–H and O–H groups in total. The lowest BCUT2D eigenvalue weighted by Gasteiger charge is -2.12. The van der Waals surface area contributed by atoms with Crippen LogP contribution in [-0.2, 0) is 4.79 Å². The van der Waals surface area contributed by atoms with Crippen molar-refractivity contribution in [3.63, 3.8) is 0 Å². The molecular weight excluding hydrogens is 464 g/mol. The van der Waals surface area contributed by atoms with Gasteiger partial charge in [-0.1, -0.05) is 17.8 Å². The Labute approximate surface area is 208 Å². The second-order valence-electron chi connectivity index (χ2n) is 7.37. The average Bonchev–Trinajstić information content (AvgIpc) is 3.32. The molecular formula is C26H26N4O4S. The predicted octanol–water partition coefficient (Wildman–Crippen LogP) is 5.08. The molecule has 1 aromatic heterocycles. The first-order chi connectivity index (χ1) is 17.1. The fraction of sp³-hybridized carbons (Fsp3) is 0.192. The van der Waals surface area contributed by atoms with Gasteiger partial charge in [0.25, 0.3) is 0 Å². The molecule has 0 aliphatic heterocycles. The van der Waals surface area contributed by atoms with Gasteiger partial charge in [0.2, 0.25) is 5.91 Å². The van der Waals surface area contributed by atoms with E-state index in [2.05, 4.69) is 15.5 Å². The van der Waals surface area contributed by atoms with Gasteiger partial charge < -0.3 is 19.5 Å². The predicted molar refractivity (Wildman–Crippen MR) is 137 cm³/mol. The normalized spacial score (nSPS) is 10.6. The number of thioether (sulfide) groups is 1. The third-order valence-electron chi connectivity index (χ3n) is 5.07. The maximum atomic E-state index is 12.6. The summed E-state index contributed by atoms with van der Waals surface area (Å²) in [6.07, 6.45) is 0. The van der Waals surface area contributed by atoms with E-state index in [1.54, 1.807) is 20.3 Å². The second-order valence-corrected chi connectivity index (χ2v) is 8.31. The third-order valence-corrected chi connectivity index (χ3v) is 6.00. The van der Waals surface area contributed by atoms with E-state index in [1.807, 2.05) is 78.2 Å². The van der Waals surface area contributed by atoms with Crippen LogP contribution in [0.1, 0.15) is 6.92 Å². The van der Waals surface area contributed by atoms with Crippen molar-refractivity contribution in [1.29, 1.82) is 0 Å². The molecule has 0 bridgehead atoms. The second kappa shape index (κ2) is 11.4. The number of hydrogen-bond acceptors (Lipinski definition) is 7. The number of anilines is 1. The van der Waals surface area contributed by atoms with E-state index in [1.165, 1.54) is 11.8 Å². The van der Waals surface area contributed by atoms with Gasteiger partial charge in [0, 0.05) is 23.0 Å². The van der Waals surface area contributed by atoms with Crippen LogP contribution in [0.5, 0.6) is 17.2 Å². The molecule has 0 unspecified atom stereocenters. The number of carbonyl (C=O) groups is 1. The number of rotatable bonds is 10. The van der Waals surface area contributed by atoms with Gasteiger partial charge in [0.05, 0.1) is 26.6 Å². The highest BCUT2D eigenvalue weighted by Gasteiger charge is 2.18. The van der Waals surface area contributed by atoms with E-state index in [9.17, 15) is 4.79 Å². The number of nitrogens with one attached hydrogen (secondary N) is 1. The zero-order chi connectivity index (χ0) is 24.6. The highest BCUT2D eigenvalue weighted by molar-refractivity contribution is 7.99. The van der Waals surface area contributed by atoms with Gasteiger partial charge in [-0.3, -0.25) is 9.36 Å². The molecule has 0 saturated carbocycles. The molecule has 9 heteroatoms. The Bertz CT molecular complexity index is 1270. The minimum atomic E-state index is -0.157. The van der Waals surface area contributed by atoms with Crippen molar-refractivity contribution in [2.24, 2.45) is 0 Å². The van der Waals surface area contributed by atoms with Gasteiger partial charge in [-0.25, -0.2) is 0 Å². The quantitative estimate of drug-likeness (QED) is 0.310. The lowest BCUT2D eigenvalue weighted by Crippen LogP contribution is -2.14. The molecule has 0 fully saturated rings. The summed E-state index contributed by atoms with van der Waals surface area (Å²) in [5.41, 5.74) is 2.40. The van der Waals surface area contributed by atoms with Crippen LogP contribution in [0, 0.1) is 0 Å². The Balaban J connectivity index is 1.59. The zero-order valence-electron chi connectivity index (χ0n) is 19.7. The standard InChI is InChI=1S/C26H26N4O4S/c1-4-34-22-14-10-20(11-15-22)30-25(18-8-12-21(32-2)13-9-18)28-29-26(30)35-17-24(31)27-19-6-5-7-23(16-19)33-3/h5-16H,4,17H2,1-3H3,(H,27,31). The number of aromatic nitrogens is 3. The average molecular weight is 491 g/mol. The summed E-state index contributed by atoms with van der Waals surface area (Å²) in [7, 11) is 3.22. The minimum Gasteiger partial charge on any atom is -0.497 e. The first kappa shape index (κ1) is 24.2. The number of amides is 1. The van der Waals surface area contributed by atoms with Gasteiger partial charge in [-0.15, -0.1) is 10.2 Å². The molecule has 35 heavy (non-hydrogen) atoms. The van der Waals surface area contributed by atoms with Gasteiger partial charge in [-0.2, -0.15) is 0 Å². The number of ether oxygens (including phenoxy) is 3.